The molecular formula is C4H9Cl2MgNO. The van der Waals surface area contributed by atoms with Crippen LogP contribution in [-0.4, -0.2) is 48.0 Å². The Morgan fingerprint density at radius 1 is 1.22 bits per heavy atom. The molecule has 0 bridgehead atoms. The van der Waals surface area contributed by atoms with E-state index in [4.69, 9.17) is 0 Å². The van der Waals surface area contributed by atoms with Gasteiger partial charge in [0, 0.05) is 21.0 Å². The van der Waals surface area contributed by atoms with Crippen molar-refractivity contribution in [3.63, 3.8) is 0 Å². The molecule has 0 aromatic carbocycles. The van der Waals surface area contributed by atoms with Crippen molar-refractivity contribution in [2.75, 3.05) is 14.1 Å². The summed E-state index contributed by atoms with van der Waals surface area (Å²) >= 11 is 0. The fraction of sp³-hybridized carbons (Fsp3) is 0.750. The van der Waals surface area contributed by atoms with E-state index in [1.54, 1.807) is 14.1 Å². The minimum absolute atomic E-state index is 0. The molecule has 0 spiro atoms. The Morgan fingerprint density at radius 3 is 1.33 bits per heavy atom. The molecule has 0 atom stereocenters. The molecule has 0 aromatic rings. The van der Waals surface area contributed by atoms with Crippen LogP contribution in [0.5, 0.6) is 0 Å². The van der Waals surface area contributed by atoms with Crippen LogP contribution in [0, 0.1) is 0 Å². The SMILES string of the molecule is CC(=O)N(C)C.[Cl-].[Cl-].[Mg+2]. The molecule has 2 nitrogen and oxygen atoms in total. The average molecular weight is 182 g/mol. The van der Waals surface area contributed by atoms with E-state index < -0.39 is 0 Å². The summed E-state index contributed by atoms with van der Waals surface area (Å²) in [5.41, 5.74) is 0. The molecule has 52 valence electrons. The number of carbonyl (C=O) groups excluding carboxylic acids is 1. The van der Waals surface area contributed by atoms with Crippen LogP contribution >= 0.6 is 0 Å². The topological polar surface area (TPSA) is 20.3 Å². The van der Waals surface area contributed by atoms with Gasteiger partial charge in [0.1, 0.15) is 0 Å². The third-order valence-corrected chi connectivity index (χ3v) is 0.630. The van der Waals surface area contributed by atoms with Gasteiger partial charge in [0.25, 0.3) is 0 Å². The summed E-state index contributed by atoms with van der Waals surface area (Å²) in [6, 6.07) is 0. The second-order valence-electron chi connectivity index (χ2n) is 1.41. The molecule has 0 unspecified atom stereocenters. The van der Waals surface area contributed by atoms with Crippen LogP contribution in [0.1, 0.15) is 6.92 Å². The van der Waals surface area contributed by atoms with Gasteiger partial charge in [-0.3, -0.25) is 4.79 Å². The van der Waals surface area contributed by atoms with Crippen LogP contribution in [0.25, 0.3) is 0 Å². The van der Waals surface area contributed by atoms with Crippen molar-refractivity contribution in [1.82, 2.24) is 4.90 Å². The van der Waals surface area contributed by atoms with E-state index in [2.05, 4.69) is 0 Å². The van der Waals surface area contributed by atoms with Crippen molar-refractivity contribution in [3.05, 3.63) is 0 Å². The van der Waals surface area contributed by atoms with Crippen molar-refractivity contribution in [3.8, 4) is 0 Å². The molecule has 0 heterocycles. The van der Waals surface area contributed by atoms with Crippen LogP contribution in [0.4, 0.5) is 0 Å². The molecular weight excluding hydrogens is 173 g/mol. The summed E-state index contributed by atoms with van der Waals surface area (Å²) in [5, 5.41) is 0. The summed E-state index contributed by atoms with van der Waals surface area (Å²) < 4.78 is 0. The summed E-state index contributed by atoms with van der Waals surface area (Å²) in [6.45, 7) is 1.53. The van der Waals surface area contributed by atoms with Gasteiger partial charge in [-0.25, -0.2) is 0 Å². The van der Waals surface area contributed by atoms with Crippen molar-refractivity contribution < 1.29 is 29.6 Å². The average Bonchev–Trinajstić information content (AvgIpc) is 1.36. The second-order valence-corrected chi connectivity index (χ2v) is 1.41. The molecule has 0 aliphatic heterocycles. The van der Waals surface area contributed by atoms with Gasteiger partial charge in [-0.1, -0.05) is 0 Å². The van der Waals surface area contributed by atoms with Crippen LogP contribution in [0.3, 0.4) is 0 Å². The Hall–Kier alpha value is 0.816. The standard InChI is InChI=1S/C4H9NO.2ClH.Mg/c1-4(6)5(2)3;;;/h1-3H3;2*1H;/q;;;+2/p-2. The first kappa shape index (κ1) is 22.6. The first-order valence-electron chi connectivity index (χ1n) is 1.82. The molecule has 0 aliphatic carbocycles. The Balaban J connectivity index is -0.0000000417. The van der Waals surface area contributed by atoms with Crippen molar-refractivity contribution in [2.24, 2.45) is 0 Å². The largest absolute Gasteiger partial charge is 2.00 e. The fourth-order valence-electron chi connectivity index (χ4n) is 0. The van der Waals surface area contributed by atoms with Crippen LogP contribution in [0.2, 0.25) is 0 Å². The van der Waals surface area contributed by atoms with Gasteiger partial charge in [0.2, 0.25) is 5.91 Å². The van der Waals surface area contributed by atoms with Gasteiger partial charge >= 0.3 is 23.1 Å². The first-order chi connectivity index (χ1) is 2.64. The zero-order valence-corrected chi connectivity index (χ0v) is 8.74. The Kier molecular flexibility index (Phi) is 29.1. The van der Waals surface area contributed by atoms with Gasteiger partial charge < -0.3 is 29.7 Å². The Morgan fingerprint density at radius 2 is 1.33 bits per heavy atom. The molecule has 0 aliphatic rings. The van der Waals surface area contributed by atoms with E-state index in [0.29, 0.717) is 0 Å². The normalized spacial score (nSPS) is 5.22. The summed E-state index contributed by atoms with van der Waals surface area (Å²) in [7, 11) is 3.45. The fourth-order valence-corrected chi connectivity index (χ4v) is 0. The molecule has 5 heteroatoms. The molecule has 0 N–H and O–H groups in total. The van der Waals surface area contributed by atoms with E-state index in [1.807, 2.05) is 0 Å². The minimum atomic E-state index is 0. The van der Waals surface area contributed by atoms with Crippen LogP contribution < -0.4 is 24.8 Å². The molecule has 0 fully saturated rings. The maximum atomic E-state index is 10.1. The van der Waals surface area contributed by atoms with Gasteiger partial charge in [-0.2, -0.15) is 0 Å². The second kappa shape index (κ2) is 11.6. The van der Waals surface area contributed by atoms with Crippen molar-refractivity contribution in [1.29, 1.82) is 0 Å². The zero-order chi connectivity index (χ0) is 5.15. The predicted octanol–water partition coefficient (Wildman–Crippen LogP) is -6.28. The van der Waals surface area contributed by atoms with E-state index in [9.17, 15) is 4.79 Å². The van der Waals surface area contributed by atoms with Crippen LogP contribution in [-0.2, 0) is 4.79 Å². The smallest absolute Gasteiger partial charge is 1.00 e. The molecule has 0 aromatic heterocycles. The number of nitrogens with zero attached hydrogens (tertiary/aromatic N) is 1. The number of carbonyl (C=O) groups is 1. The maximum absolute atomic E-state index is 10.1. The first-order valence-corrected chi connectivity index (χ1v) is 1.82. The third kappa shape index (κ3) is 17.7. The number of rotatable bonds is 0. The zero-order valence-electron chi connectivity index (χ0n) is 5.82. The molecule has 1 amide bonds. The summed E-state index contributed by atoms with van der Waals surface area (Å²) in [6.07, 6.45) is 0. The monoisotopic (exact) mass is 181 g/mol. The molecule has 9 heavy (non-hydrogen) atoms. The minimum Gasteiger partial charge on any atom is -1.00 e. The summed E-state index contributed by atoms with van der Waals surface area (Å²) in [5.74, 6) is 0.0926. The number of amides is 1. The van der Waals surface area contributed by atoms with Gasteiger partial charge in [0.15, 0.2) is 0 Å². The molecule has 0 rings (SSSR count). The van der Waals surface area contributed by atoms with E-state index >= 15 is 0 Å². The summed E-state index contributed by atoms with van der Waals surface area (Å²) in [4.78, 5) is 11.6. The van der Waals surface area contributed by atoms with E-state index in [-0.39, 0.29) is 53.8 Å². The number of halogens is 2. The quantitative estimate of drug-likeness (QED) is 0.341. The molecule has 0 saturated carbocycles. The third-order valence-electron chi connectivity index (χ3n) is 0.630. The van der Waals surface area contributed by atoms with Crippen molar-refractivity contribution >= 4 is 29.0 Å². The van der Waals surface area contributed by atoms with E-state index in [0.717, 1.165) is 0 Å². The Labute approximate surface area is 84.3 Å². The van der Waals surface area contributed by atoms with Crippen LogP contribution in [0.15, 0.2) is 0 Å². The molecule has 0 radical (unpaired) electrons. The van der Waals surface area contributed by atoms with Crippen molar-refractivity contribution in [2.45, 2.75) is 6.92 Å². The van der Waals surface area contributed by atoms with Gasteiger partial charge in [-0.05, 0) is 0 Å². The van der Waals surface area contributed by atoms with Gasteiger partial charge in [0.05, 0.1) is 0 Å². The maximum Gasteiger partial charge on any atom is 2.00 e. The number of hydrogen-bond donors (Lipinski definition) is 0. The van der Waals surface area contributed by atoms with Gasteiger partial charge in [-0.15, -0.1) is 0 Å². The van der Waals surface area contributed by atoms with E-state index in [1.165, 1.54) is 11.8 Å². The molecule has 0 saturated heterocycles. The Bertz CT molecular complexity index is 69.6. The predicted molar refractivity (Wildman–Crippen MR) is 30.1 cm³/mol. The number of hydrogen-bond acceptors (Lipinski definition) is 1.